The van der Waals surface area contributed by atoms with E-state index >= 15 is 0 Å². The number of rotatable bonds is 14. The molecule has 2 saturated heterocycles. The fourth-order valence-electron chi connectivity index (χ4n) is 4.02. The van der Waals surface area contributed by atoms with Crippen molar-refractivity contribution in [2.75, 3.05) is 32.8 Å². The second-order valence-corrected chi connectivity index (χ2v) is 11.7. The number of amides is 5. The summed E-state index contributed by atoms with van der Waals surface area (Å²) in [6, 6.07) is 0. The van der Waals surface area contributed by atoms with E-state index in [1.165, 1.54) is 0 Å². The van der Waals surface area contributed by atoms with Crippen molar-refractivity contribution in [3.05, 3.63) is 0 Å². The Morgan fingerprint density at radius 1 is 0.974 bits per heavy atom. The van der Waals surface area contributed by atoms with Crippen LogP contribution in [0.2, 0.25) is 0 Å². The van der Waals surface area contributed by atoms with E-state index in [1.807, 2.05) is 27.7 Å². The number of imide groups is 1. The second kappa shape index (κ2) is 16.7. The van der Waals surface area contributed by atoms with E-state index in [0.717, 1.165) is 4.90 Å². The van der Waals surface area contributed by atoms with Crippen LogP contribution in [0.1, 0.15) is 66.2 Å². The Balaban J connectivity index is 0.00000684. The van der Waals surface area contributed by atoms with Crippen LogP contribution in [0.5, 0.6) is 0 Å². The van der Waals surface area contributed by atoms with Gasteiger partial charge in [0.2, 0.25) is 29.5 Å². The van der Waals surface area contributed by atoms with Crippen molar-refractivity contribution in [3.8, 4) is 0 Å². The topological polar surface area (TPSA) is 125 Å². The molecule has 1 radical (unpaired) electrons. The summed E-state index contributed by atoms with van der Waals surface area (Å²) in [7, 11) is 0. The number of nitrogens with zero attached hydrogens (tertiary/aromatic N) is 2. The average Bonchev–Trinajstić information content (AvgIpc) is 3.21. The Morgan fingerprint density at radius 2 is 1.61 bits per heavy atom. The molecule has 2 atom stereocenters. The van der Waals surface area contributed by atoms with E-state index in [9.17, 15) is 24.0 Å². The monoisotopic (exact) mass is 745 g/mol. The van der Waals surface area contributed by atoms with Crippen molar-refractivity contribution in [1.29, 1.82) is 0 Å². The SMILES string of the molecule is CC(C)(CCOC(C)(C)CCNC(=O)CCN1CCC([S-])C1=O)NC(=O)CCN1C(=O)CC([S-])C1=O.[Pd].[Tc]. The number of nitrogens with one attached hydrogen (secondary N) is 2. The van der Waals surface area contributed by atoms with Gasteiger partial charge < -0.3 is 45.5 Å². The minimum atomic E-state index is -0.730. The summed E-state index contributed by atoms with van der Waals surface area (Å²) in [5.41, 5.74) is -1.02. The van der Waals surface area contributed by atoms with E-state index in [0.29, 0.717) is 45.5 Å². The average molecular weight is 747 g/mol. The van der Waals surface area contributed by atoms with Crippen molar-refractivity contribution < 1.29 is 69.2 Å². The molecule has 2 unspecified atom stereocenters. The molecule has 2 aliphatic heterocycles. The Hall–Kier alpha value is -0.478. The summed E-state index contributed by atoms with van der Waals surface area (Å²) in [6.45, 7) is 9.52. The summed E-state index contributed by atoms with van der Waals surface area (Å²) >= 11 is 10.0. The van der Waals surface area contributed by atoms with Gasteiger partial charge >= 0.3 is 0 Å². The van der Waals surface area contributed by atoms with Crippen LogP contribution >= 0.6 is 0 Å². The summed E-state index contributed by atoms with van der Waals surface area (Å²) in [5, 5.41) is 4.70. The van der Waals surface area contributed by atoms with Gasteiger partial charge in [-0.3, -0.25) is 28.9 Å². The Morgan fingerprint density at radius 3 is 2.16 bits per heavy atom. The molecule has 0 aliphatic carbocycles. The molecule has 0 bridgehead atoms. The minimum absolute atomic E-state index is 0. The van der Waals surface area contributed by atoms with Gasteiger partial charge in [0.15, 0.2) is 0 Å². The zero-order chi connectivity index (χ0) is 27.1. The van der Waals surface area contributed by atoms with E-state index in [4.69, 9.17) is 30.0 Å². The van der Waals surface area contributed by atoms with Crippen LogP contribution in [0.15, 0.2) is 0 Å². The minimum Gasteiger partial charge on any atom is -0.780 e. The standard InChI is InChI=1S/C24H40N4O6S2.Pd.Tc/c1-23(2,26-19(30)7-13-28-20(31)15-17(36)22(28)33)9-14-34-24(3,4)8-10-25-18(29)6-12-27-11-5-16(35)21(27)32;;/h16-17,35-36H,5-15H2,1-4H3,(H,25,29)(H,26,30);;/p-2. The first-order valence-corrected chi connectivity index (χ1v) is 13.3. The maximum atomic E-state index is 12.4. The Bertz CT molecular complexity index is 864. The van der Waals surface area contributed by atoms with E-state index < -0.39 is 22.3 Å². The fourth-order valence-corrected chi connectivity index (χ4v) is 4.54. The molecule has 2 heterocycles. The Kier molecular flexibility index (Phi) is 16.5. The maximum Gasteiger partial charge on any atom is 0.227 e. The first-order valence-electron chi connectivity index (χ1n) is 12.4. The number of carbonyl (C=O) groups is 5. The van der Waals surface area contributed by atoms with Crippen molar-refractivity contribution in [3.63, 3.8) is 0 Å². The van der Waals surface area contributed by atoms with Gasteiger partial charge in [0, 0.05) is 98.1 Å². The first kappa shape index (κ1) is 37.5. The van der Waals surface area contributed by atoms with Gasteiger partial charge in [-0.2, -0.15) is 0 Å². The molecular formula is C24H38N4O6PdS2Tc-2. The largest absolute Gasteiger partial charge is 0.780 e. The summed E-state index contributed by atoms with van der Waals surface area (Å²) < 4.78 is 6.00. The van der Waals surface area contributed by atoms with Crippen LogP contribution in [-0.4, -0.2) is 93.8 Å². The van der Waals surface area contributed by atoms with E-state index in [2.05, 4.69) is 10.6 Å². The number of carbonyl (C=O) groups excluding carboxylic acids is 5. The fraction of sp³-hybridized carbons (Fsp3) is 0.792. The number of ether oxygens (including phenoxy) is 1. The van der Waals surface area contributed by atoms with Gasteiger partial charge in [-0.1, -0.05) is 10.5 Å². The van der Waals surface area contributed by atoms with Gasteiger partial charge in [0.25, 0.3) is 0 Å². The molecule has 10 nitrogen and oxygen atoms in total. The predicted octanol–water partition coefficient (Wildman–Crippen LogP) is 0.170. The van der Waals surface area contributed by atoms with Crippen LogP contribution in [0.3, 0.4) is 0 Å². The third-order valence-corrected chi connectivity index (χ3v) is 7.17. The third-order valence-electron chi connectivity index (χ3n) is 6.37. The van der Waals surface area contributed by atoms with E-state index in [1.54, 1.807) is 4.90 Å². The molecule has 5 amide bonds. The molecule has 0 aromatic rings. The zero-order valence-electron chi connectivity index (χ0n) is 22.3. The first-order chi connectivity index (χ1) is 16.7. The quantitative estimate of drug-likeness (QED) is 0.147. The number of likely N-dealkylation sites (tertiary alicyclic amines) is 2. The van der Waals surface area contributed by atoms with Crippen LogP contribution in [-0.2, 0) is 94.5 Å². The van der Waals surface area contributed by atoms with Crippen molar-refractivity contribution in [2.45, 2.75) is 87.9 Å². The van der Waals surface area contributed by atoms with Crippen molar-refractivity contribution in [2.24, 2.45) is 0 Å². The van der Waals surface area contributed by atoms with Crippen LogP contribution < -0.4 is 10.6 Å². The van der Waals surface area contributed by atoms with Crippen LogP contribution in [0, 0.1) is 0 Å². The molecular weight excluding hydrogens is 709 g/mol. The molecule has 0 aromatic heterocycles. The predicted molar refractivity (Wildman–Crippen MR) is 139 cm³/mol. The van der Waals surface area contributed by atoms with Gasteiger partial charge in [0.05, 0.1) is 5.60 Å². The van der Waals surface area contributed by atoms with Crippen LogP contribution in [0.25, 0.3) is 0 Å². The molecule has 0 saturated carbocycles. The normalized spacial score (nSPS) is 19.8. The summed E-state index contributed by atoms with van der Waals surface area (Å²) in [6.07, 6.45) is 2.11. The molecule has 2 aliphatic rings. The van der Waals surface area contributed by atoms with Gasteiger partial charge in [-0.05, 0) is 47.0 Å². The molecule has 38 heavy (non-hydrogen) atoms. The maximum absolute atomic E-state index is 12.4. The third kappa shape index (κ3) is 12.4. The second-order valence-electron chi connectivity index (χ2n) is 10.6. The number of hydrogen-bond acceptors (Lipinski definition) is 8. The smallest absolute Gasteiger partial charge is 0.227 e. The molecule has 2 fully saturated rings. The molecule has 2 N–H and O–H groups in total. The molecule has 0 aromatic carbocycles. The van der Waals surface area contributed by atoms with Gasteiger partial charge in [0.1, 0.15) is 0 Å². The van der Waals surface area contributed by atoms with Crippen molar-refractivity contribution in [1.82, 2.24) is 20.4 Å². The molecule has 221 valence electrons. The number of hydrogen-bond donors (Lipinski definition) is 2. The van der Waals surface area contributed by atoms with Crippen molar-refractivity contribution >= 4 is 54.8 Å². The molecule has 2 rings (SSSR count). The summed E-state index contributed by atoms with van der Waals surface area (Å²) in [4.78, 5) is 62.7. The van der Waals surface area contributed by atoms with E-state index in [-0.39, 0.29) is 95.2 Å². The molecule has 14 heteroatoms. The molecule has 0 spiro atoms. The van der Waals surface area contributed by atoms with Crippen LogP contribution in [0.4, 0.5) is 0 Å². The zero-order valence-corrected chi connectivity index (χ0v) is 27.3. The van der Waals surface area contributed by atoms with Gasteiger partial charge in [-0.25, -0.2) is 0 Å². The Labute approximate surface area is 263 Å². The van der Waals surface area contributed by atoms with Gasteiger partial charge in [-0.15, -0.1) is 0 Å². The summed E-state index contributed by atoms with van der Waals surface area (Å²) in [5.74, 6) is -1.16.